The maximum Gasteiger partial charge on any atom is 0.275 e. The molecule has 0 aliphatic rings. The second-order valence-electron chi connectivity index (χ2n) is 4.18. The van der Waals surface area contributed by atoms with Crippen LogP contribution in [0.2, 0.25) is 0 Å². The average Bonchev–Trinajstić information content (AvgIpc) is 2.95. The van der Waals surface area contributed by atoms with Crippen molar-refractivity contribution in [1.82, 2.24) is 9.99 Å². The molecule has 0 spiro atoms. The van der Waals surface area contributed by atoms with Gasteiger partial charge in [-0.2, -0.15) is 5.10 Å². The molecule has 3 N–H and O–H groups in total. The molecule has 0 saturated heterocycles. The Labute approximate surface area is 129 Å². The van der Waals surface area contributed by atoms with E-state index in [1.165, 1.54) is 18.3 Å². The van der Waals surface area contributed by atoms with Gasteiger partial charge in [-0.05, 0) is 24.3 Å². The van der Waals surface area contributed by atoms with Crippen LogP contribution in [0.1, 0.15) is 5.69 Å². The number of nitrogens with one attached hydrogen (secondary N) is 1. The van der Waals surface area contributed by atoms with Crippen molar-refractivity contribution in [3.8, 4) is 5.69 Å². The van der Waals surface area contributed by atoms with E-state index in [4.69, 9.17) is 5.73 Å². The van der Waals surface area contributed by atoms with Crippen LogP contribution in [0.4, 0.5) is 5.69 Å². The first-order valence-electron chi connectivity index (χ1n) is 6.17. The van der Waals surface area contributed by atoms with Crippen LogP contribution in [-0.2, 0) is 0 Å². The second kappa shape index (κ2) is 6.80. The molecule has 11 nitrogen and oxygen atoms in total. The molecule has 11 heteroatoms. The van der Waals surface area contributed by atoms with Crippen LogP contribution in [0, 0.1) is 20.2 Å². The number of aromatic nitrogens is 1. The Hall–Kier alpha value is -3.76. The third kappa shape index (κ3) is 4.10. The van der Waals surface area contributed by atoms with Crippen molar-refractivity contribution < 1.29 is 9.96 Å². The van der Waals surface area contributed by atoms with Crippen molar-refractivity contribution in [3.05, 3.63) is 68.5 Å². The van der Waals surface area contributed by atoms with E-state index in [2.05, 4.69) is 10.2 Å². The van der Waals surface area contributed by atoms with Gasteiger partial charge in [0.1, 0.15) is 0 Å². The molecule has 2 aromatic rings. The minimum absolute atomic E-state index is 0.0145. The summed E-state index contributed by atoms with van der Waals surface area (Å²) in [5.74, 6) is -0.459. The quantitative estimate of drug-likeness (QED) is 0.360. The van der Waals surface area contributed by atoms with Gasteiger partial charge in [-0.15, -0.1) is 5.10 Å². The van der Waals surface area contributed by atoms with E-state index in [9.17, 15) is 20.2 Å². The lowest BCUT2D eigenvalue weighted by Crippen LogP contribution is -2.35. The molecule has 0 bridgehead atoms. The number of nitrogens with zero attached hydrogens (tertiary/aromatic N) is 5. The Kier molecular flexibility index (Phi) is 4.62. The molecule has 0 atom stereocenters. The zero-order valence-electron chi connectivity index (χ0n) is 11.6. The normalized spacial score (nSPS) is 11.6. The lowest BCUT2D eigenvalue weighted by atomic mass is 10.3. The highest BCUT2D eigenvalue weighted by atomic mass is 16.7. The van der Waals surface area contributed by atoms with Gasteiger partial charge >= 0.3 is 0 Å². The third-order valence-corrected chi connectivity index (χ3v) is 2.68. The van der Waals surface area contributed by atoms with Crippen LogP contribution >= 0.6 is 0 Å². The summed E-state index contributed by atoms with van der Waals surface area (Å²) < 4.78 is 1.71. The van der Waals surface area contributed by atoms with E-state index >= 15 is 0 Å². The van der Waals surface area contributed by atoms with Crippen molar-refractivity contribution >= 4 is 17.9 Å². The first-order valence-corrected chi connectivity index (χ1v) is 6.17. The first-order chi connectivity index (χ1) is 11.0. The SMILES string of the molecule is N/C(=N/N=C/c1cccn1-c1ccc([N+](=O)[O-])cc1)N[N+](=O)[O-]. The minimum atomic E-state index is -0.853. The van der Waals surface area contributed by atoms with Gasteiger partial charge in [0.05, 0.1) is 16.8 Å². The van der Waals surface area contributed by atoms with Crippen molar-refractivity contribution in [3.63, 3.8) is 0 Å². The molecule has 118 valence electrons. The third-order valence-electron chi connectivity index (χ3n) is 2.68. The highest BCUT2D eigenvalue weighted by Crippen LogP contribution is 2.16. The molecule has 1 aromatic heterocycles. The number of nitro groups is 2. The monoisotopic (exact) mass is 317 g/mol. The molecule has 0 unspecified atom stereocenters. The number of hydrogen-bond acceptors (Lipinski definition) is 6. The van der Waals surface area contributed by atoms with E-state index in [-0.39, 0.29) is 5.69 Å². The summed E-state index contributed by atoms with van der Waals surface area (Å²) in [6.07, 6.45) is 3.07. The Morgan fingerprint density at radius 3 is 2.52 bits per heavy atom. The molecule has 2 rings (SSSR count). The van der Waals surface area contributed by atoms with E-state index in [0.717, 1.165) is 0 Å². The Morgan fingerprint density at radius 1 is 1.22 bits per heavy atom. The molecule has 0 aliphatic carbocycles. The van der Waals surface area contributed by atoms with Crippen LogP contribution in [0.3, 0.4) is 0 Å². The second-order valence-corrected chi connectivity index (χ2v) is 4.18. The van der Waals surface area contributed by atoms with Crippen molar-refractivity contribution in [1.29, 1.82) is 0 Å². The fourth-order valence-corrected chi connectivity index (χ4v) is 1.74. The predicted molar refractivity (Wildman–Crippen MR) is 81.8 cm³/mol. The summed E-state index contributed by atoms with van der Waals surface area (Å²) in [7, 11) is 0. The molecule has 0 aliphatic heterocycles. The summed E-state index contributed by atoms with van der Waals surface area (Å²) in [4.78, 5) is 20.3. The Balaban J connectivity index is 2.19. The molecule has 0 radical (unpaired) electrons. The average molecular weight is 317 g/mol. The smallest absolute Gasteiger partial charge is 0.275 e. The molecule has 0 fully saturated rings. The van der Waals surface area contributed by atoms with E-state index in [0.29, 0.717) is 11.4 Å². The Morgan fingerprint density at radius 2 is 1.91 bits per heavy atom. The van der Waals surface area contributed by atoms with Gasteiger partial charge in [0.25, 0.3) is 11.6 Å². The van der Waals surface area contributed by atoms with Gasteiger partial charge in [0, 0.05) is 24.0 Å². The summed E-state index contributed by atoms with van der Waals surface area (Å²) in [5, 5.41) is 27.0. The van der Waals surface area contributed by atoms with Gasteiger partial charge in [-0.1, -0.05) is 5.43 Å². The fourth-order valence-electron chi connectivity index (χ4n) is 1.74. The standard InChI is InChI=1S/C12H11N7O4/c13-12(16-19(22)23)15-14-8-11-2-1-7-17(11)9-3-5-10(6-4-9)18(20)21/h1-8H,(H3,13,15,16)/b14-8+. The van der Waals surface area contributed by atoms with Crippen LogP contribution in [-0.4, -0.2) is 26.7 Å². The maximum absolute atomic E-state index is 10.6. The minimum Gasteiger partial charge on any atom is -0.364 e. The van der Waals surface area contributed by atoms with Gasteiger partial charge in [-0.25, -0.2) is 10.1 Å². The van der Waals surface area contributed by atoms with Crippen LogP contribution in [0.5, 0.6) is 0 Å². The predicted octanol–water partition coefficient (Wildman–Crippen LogP) is 0.815. The zero-order valence-corrected chi connectivity index (χ0v) is 11.6. The van der Waals surface area contributed by atoms with E-state index in [1.807, 2.05) is 0 Å². The molecule has 0 amide bonds. The summed E-state index contributed by atoms with van der Waals surface area (Å²) in [5.41, 5.74) is 8.15. The van der Waals surface area contributed by atoms with E-state index < -0.39 is 15.9 Å². The highest BCUT2D eigenvalue weighted by molar-refractivity contribution is 5.81. The first kappa shape index (κ1) is 15.6. The molecule has 0 saturated carbocycles. The number of nitro benzene ring substituents is 1. The van der Waals surface area contributed by atoms with Crippen LogP contribution in [0.25, 0.3) is 5.69 Å². The van der Waals surface area contributed by atoms with Crippen molar-refractivity contribution in [2.75, 3.05) is 0 Å². The van der Waals surface area contributed by atoms with Crippen molar-refractivity contribution in [2.45, 2.75) is 0 Å². The fraction of sp³-hybridized carbons (Fsp3) is 0. The summed E-state index contributed by atoms with van der Waals surface area (Å²) in [6.45, 7) is 0. The van der Waals surface area contributed by atoms with Gasteiger partial charge in [0.2, 0.25) is 0 Å². The Bertz CT molecular complexity index is 779. The topological polar surface area (TPSA) is 154 Å². The van der Waals surface area contributed by atoms with Gasteiger partial charge in [0.15, 0.2) is 5.03 Å². The lowest BCUT2D eigenvalue weighted by molar-refractivity contribution is -0.525. The van der Waals surface area contributed by atoms with Crippen LogP contribution < -0.4 is 11.2 Å². The van der Waals surface area contributed by atoms with Crippen molar-refractivity contribution in [2.24, 2.45) is 15.9 Å². The summed E-state index contributed by atoms with van der Waals surface area (Å²) >= 11 is 0. The molecule has 1 heterocycles. The summed E-state index contributed by atoms with van der Waals surface area (Å²) in [6, 6.07) is 9.40. The molecule has 23 heavy (non-hydrogen) atoms. The van der Waals surface area contributed by atoms with Crippen LogP contribution in [0.15, 0.2) is 52.8 Å². The van der Waals surface area contributed by atoms with Gasteiger partial charge in [-0.3, -0.25) is 10.1 Å². The lowest BCUT2D eigenvalue weighted by Gasteiger charge is -2.05. The molecular formula is C12H11N7O4. The highest BCUT2D eigenvalue weighted by Gasteiger charge is 2.06. The number of nitrogens with two attached hydrogens (primary N) is 1. The number of rotatable bonds is 5. The largest absolute Gasteiger partial charge is 0.364 e. The number of non-ortho nitro benzene ring substituents is 1. The molecular weight excluding hydrogens is 306 g/mol. The molecule has 1 aromatic carbocycles. The zero-order chi connectivity index (χ0) is 16.8. The number of hydrazine groups is 1. The number of hydrogen-bond donors (Lipinski definition) is 2. The number of guanidine groups is 1. The van der Waals surface area contributed by atoms with E-state index in [1.54, 1.807) is 40.5 Å². The number of benzene rings is 1. The maximum atomic E-state index is 10.6. The van der Waals surface area contributed by atoms with Gasteiger partial charge < -0.3 is 10.3 Å².